The van der Waals surface area contributed by atoms with Crippen LogP contribution in [0.25, 0.3) is 0 Å². The van der Waals surface area contributed by atoms with Crippen LogP contribution in [-0.2, 0) is 4.43 Å². The van der Waals surface area contributed by atoms with Gasteiger partial charge in [0, 0.05) is 6.61 Å². The van der Waals surface area contributed by atoms with Gasteiger partial charge in [-0.25, -0.2) is 0 Å². The summed E-state index contributed by atoms with van der Waals surface area (Å²) in [5.41, 5.74) is 1.32. The number of rotatable bonds is 6. The Morgan fingerprint density at radius 3 is 2.29 bits per heavy atom. The van der Waals surface area contributed by atoms with Crippen molar-refractivity contribution in [3.63, 3.8) is 0 Å². The largest absolute Gasteiger partial charge is 0.413 e. The second kappa shape index (κ2) is 6.71. The fraction of sp³-hybridized carbons (Fsp3) is 0.857. The van der Waals surface area contributed by atoms with E-state index in [1.54, 1.807) is 0 Å². The van der Waals surface area contributed by atoms with Gasteiger partial charge in [-0.15, -0.1) is 0 Å². The molecule has 0 amide bonds. The van der Waals surface area contributed by atoms with Gasteiger partial charge in [0.25, 0.3) is 0 Å². The average Bonchev–Trinajstić information content (AvgIpc) is 2.15. The fourth-order valence-electron chi connectivity index (χ4n) is 1.22. The summed E-state index contributed by atoms with van der Waals surface area (Å²) in [6.07, 6.45) is 3.00. The molecule has 2 nitrogen and oxygen atoms in total. The molecule has 0 radical (unpaired) electrons. The Bertz CT molecular complexity index is 251. The van der Waals surface area contributed by atoms with Crippen LogP contribution < -0.4 is 0 Å². The van der Waals surface area contributed by atoms with Crippen molar-refractivity contribution in [2.24, 2.45) is 5.92 Å². The van der Waals surface area contributed by atoms with Crippen molar-refractivity contribution in [1.29, 1.82) is 0 Å². The van der Waals surface area contributed by atoms with Crippen LogP contribution in [0.5, 0.6) is 0 Å². The van der Waals surface area contributed by atoms with Crippen molar-refractivity contribution < 1.29 is 9.53 Å². The molecule has 17 heavy (non-hydrogen) atoms. The van der Waals surface area contributed by atoms with Crippen molar-refractivity contribution >= 4 is 8.32 Å². The van der Waals surface area contributed by atoms with Gasteiger partial charge in [-0.05, 0) is 37.4 Å². The summed E-state index contributed by atoms with van der Waals surface area (Å²) in [6, 6.07) is 0. The predicted octanol–water partition coefficient (Wildman–Crippen LogP) is 3.97. The molecule has 0 fully saturated rings. The molecule has 0 spiro atoms. The monoisotopic (exact) mass is 258 g/mol. The molecule has 0 aromatic heterocycles. The molecule has 0 aliphatic carbocycles. The molecule has 0 aromatic rings. The van der Waals surface area contributed by atoms with Gasteiger partial charge in [0.1, 0.15) is 0 Å². The molecule has 0 aliphatic rings. The van der Waals surface area contributed by atoms with E-state index >= 15 is 0 Å². The first-order valence-electron chi connectivity index (χ1n) is 6.53. The molecule has 102 valence electrons. The quantitative estimate of drug-likeness (QED) is 0.577. The normalized spacial score (nSPS) is 16.1. The Hall–Kier alpha value is -0.123. The van der Waals surface area contributed by atoms with Crippen LogP contribution >= 0.6 is 0 Å². The third-order valence-electron chi connectivity index (χ3n) is 4.00. The van der Waals surface area contributed by atoms with Gasteiger partial charge in [-0.3, -0.25) is 0 Å². The van der Waals surface area contributed by atoms with E-state index in [9.17, 15) is 0 Å². The minimum atomic E-state index is -1.62. The molecule has 0 bridgehead atoms. The average molecular weight is 258 g/mol. The smallest absolute Gasteiger partial charge is 0.192 e. The van der Waals surface area contributed by atoms with E-state index in [0.717, 1.165) is 6.42 Å². The van der Waals surface area contributed by atoms with Crippen LogP contribution in [0.3, 0.4) is 0 Å². The highest BCUT2D eigenvalue weighted by molar-refractivity contribution is 6.74. The highest BCUT2D eigenvalue weighted by atomic mass is 28.4. The summed E-state index contributed by atoms with van der Waals surface area (Å²) in [5, 5.41) is 9.16. The highest BCUT2D eigenvalue weighted by Crippen LogP contribution is 2.36. The van der Waals surface area contributed by atoms with Gasteiger partial charge in [-0.2, -0.15) is 0 Å². The van der Waals surface area contributed by atoms with Crippen LogP contribution in [0.1, 0.15) is 41.0 Å². The second-order valence-corrected chi connectivity index (χ2v) is 11.2. The Morgan fingerprint density at radius 2 is 1.88 bits per heavy atom. The van der Waals surface area contributed by atoms with E-state index in [1.165, 1.54) is 5.57 Å². The molecule has 0 saturated heterocycles. The van der Waals surface area contributed by atoms with Gasteiger partial charge in [-0.1, -0.05) is 39.3 Å². The van der Waals surface area contributed by atoms with Crippen LogP contribution in [0.4, 0.5) is 0 Å². The van der Waals surface area contributed by atoms with Crippen LogP contribution in [0.2, 0.25) is 18.1 Å². The second-order valence-electron chi connectivity index (χ2n) is 6.43. The number of allylic oxidation sites excluding steroid dienone is 1. The van der Waals surface area contributed by atoms with E-state index in [0.29, 0.717) is 12.5 Å². The lowest BCUT2D eigenvalue weighted by Crippen LogP contribution is -2.40. The summed E-state index contributed by atoms with van der Waals surface area (Å²) in [6.45, 7) is 16.5. The molecule has 1 N–H and O–H groups in total. The maximum atomic E-state index is 8.90. The molecule has 1 atom stereocenters. The summed E-state index contributed by atoms with van der Waals surface area (Å²) in [4.78, 5) is 0. The lowest BCUT2D eigenvalue weighted by molar-refractivity contribution is 0.270. The molecule has 0 aromatic carbocycles. The molecular weight excluding hydrogens is 228 g/mol. The SMILES string of the molecule is C/C(=C\CO[Si](C)(C)C(C)(C)C)C(C)CCO. The Labute approximate surface area is 108 Å². The van der Waals surface area contributed by atoms with Gasteiger partial charge >= 0.3 is 0 Å². The fourth-order valence-corrected chi connectivity index (χ4v) is 2.15. The predicted molar refractivity (Wildman–Crippen MR) is 77.8 cm³/mol. The molecule has 3 heteroatoms. The summed E-state index contributed by atoms with van der Waals surface area (Å²) >= 11 is 0. The Balaban J connectivity index is 4.27. The van der Waals surface area contributed by atoms with Gasteiger partial charge in [0.2, 0.25) is 0 Å². The lowest BCUT2D eigenvalue weighted by Gasteiger charge is -2.35. The molecule has 0 rings (SSSR count). The highest BCUT2D eigenvalue weighted by Gasteiger charge is 2.36. The first-order chi connectivity index (χ1) is 7.62. The van der Waals surface area contributed by atoms with Crippen LogP contribution in [-0.4, -0.2) is 26.6 Å². The molecule has 0 aliphatic heterocycles. The number of aliphatic hydroxyl groups is 1. The third-order valence-corrected chi connectivity index (χ3v) is 8.50. The number of aliphatic hydroxyl groups excluding tert-OH is 1. The first-order valence-corrected chi connectivity index (χ1v) is 9.44. The van der Waals surface area contributed by atoms with Crippen molar-refractivity contribution in [1.82, 2.24) is 0 Å². The van der Waals surface area contributed by atoms with Crippen LogP contribution in [0, 0.1) is 5.92 Å². The standard InChI is InChI=1S/C14H30O2Si/c1-12(8-10-15)13(2)9-11-16-17(6,7)14(3,4)5/h9,12,15H,8,10-11H2,1-7H3/b13-9+. The lowest BCUT2D eigenvalue weighted by atomic mass is 9.99. The Morgan fingerprint density at radius 1 is 1.35 bits per heavy atom. The Kier molecular flexibility index (Phi) is 6.67. The molecule has 0 heterocycles. The summed E-state index contributed by atoms with van der Waals surface area (Å²) in [7, 11) is -1.62. The van der Waals surface area contributed by atoms with E-state index in [1.807, 2.05) is 0 Å². The number of hydrogen-bond acceptors (Lipinski definition) is 2. The van der Waals surface area contributed by atoms with Gasteiger partial charge in [0.05, 0.1) is 6.61 Å². The minimum Gasteiger partial charge on any atom is -0.413 e. The van der Waals surface area contributed by atoms with E-state index in [2.05, 4.69) is 53.8 Å². The topological polar surface area (TPSA) is 29.5 Å². The van der Waals surface area contributed by atoms with Gasteiger partial charge < -0.3 is 9.53 Å². The van der Waals surface area contributed by atoms with Gasteiger partial charge in [0.15, 0.2) is 8.32 Å². The third kappa shape index (κ3) is 5.84. The zero-order valence-electron chi connectivity index (χ0n) is 12.6. The van der Waals surface area contributed by atoms with Crippen molar-refractivity contribution in [2.75, 3.05) is 13.2 Å². The van der Waals surface area contributed by atoms with Crippen LogP contribution in [0.15, 0.2) is 11.6 Å². The van der Waals surface area contributed by atoms with Crippen molar-refractivity contribution in [3.8, 4) is 0 Å². The number of hydrogen-bond donors (Lipinski definition) is 1. The van der Waals surface area contributed by atoms with E-state index < -0.39 is 8.32 Å². The first kappa shape index (κ1) is 16.9. The molecule has 1 unspecified atom stereocenters. The van der Waals surface area contributed by atoms with E-state index in [4.69, 9.17) is 9.53 Å². The van der Waals surface area contributed by atoms with Crippen molar-refractivity contribution in [2.45, 2.75) is 59.2 Å². The zero-order valence-corrected chi connectivity index (χ0v) is 13.6. The zero-order chi connectivity index (χ0) is 13.7. The minimum absolute atomic E-state index is 0.259. The summed E-state index contributed by atoms with van der Waals surface area (Å²) < 4.78 is 6.09. The van der Waals surface area contributed by atoms with E-state index in [-0.39, 0.29) is 11.6 Å². The molecular formula is C14H30O2Si. The van der Waals surface area contributed by atoms with Crippen molar-refractivity contribution in [3.05, 3.63) is 11.6 Å². The maximum absolute atomic E-state index is 8.90. The maximum Gasteiger partial charge on any atom is 0.192 e. The summed E-state index contributed by atoms with van der Waals surface area (Å²) in [5.74, 6) is 0.447. The molecule has 0 saturated carbocycles.